The van der Waals surface area contributed by atoms with E-state index in [-0.39, 0.29) is 0 Å². The third-order valence-corrected chi connectivity index (χ3v) is 3.12. The molecule has 0 saturated heterocycles. The summed E-state index contributed by atoms with van der Waals surface area (Å²) in [6.45, 7) is 6.27. The summed E-state index contributed by atoms with van der Waals surface area (Å²) in [6.07, 6.45) is 3.06. The van der Waals surface area contributed by atoms with Gasteiger partial charge in [-0.1, -0.05) is 25.6 Å². The summed E-state index contributed by atoms with van der Waals surface area (Å²) in [4.78, 5) is 0. The highest BCUT2D eigenvalue weighted by molar-refractivity contribution is 7.80. The highest BCUT2D eigenvalue weighted by Crippen LogP contribution is 2.33. The van der Waals surface area contributed by atoms with Gasteiger partial charge in [-0.15, -0.1) is 0 Å². The Hall–Kier alpha value is -1.15. The van der Waals surface area contributed by atoms with Gasteiger partial charge in [-0.05, 0) is 29.2 Å². The quantitative estimate of drug-likeness (QED) is 0.722. The molecular weight excluding hydrogens is 202 g/mol. The van der Waals surface area contributed by atoms with Crippen molar-refractivity contribution in [2.24, 2.45) is 0 Å². The second-order valence-electron chi connectivity index (χ2n) is 3.68. The summed E-state index contributed by atoms with van der Waals surface area (Å²) in [6, 6.07) is 6.49. The van der Waals surface area contributed by atoms with E-state index in [1.54, 1.807) is 0 Å². The van der Waals surface area contributed by atoms with E-state index >= 15 is 0 Å². The highest BCUT2D eigenvalue weighted by Gasteiger charge is 2.13. The van der Waals surface area contributed by atoms with Crippen molar-refractivity contribution in [3.05, 3.63) is 47.7 Å². The molecule has 1 nitrogen and oxygen atoms in total. The lowest BCUT2D eigenvalue weighted by atomic mass is 9.95. The molecule has 1 aliphatic rings. The van der Waals surface area contributed by atoms with E-state index < -0.39 is 0 Å². The molecule has 0 saturated carbocycles. The SMILES string of the molecule is C=C1C(CS)=CNc2cc(CC)ccc21. The number of hydrogen-bond donors (Lipinski definition) is 2. The number of benzene rings is 1. The molecule has 1 heterocycles. The summed E-state index contributed by atoms with van der Waals surface area (Å²) in [5.41, 5.74) is 5.94. The van der Waals surface area contributed by atoms with Gasteiger partial charge in [0.2, 0.25) is 0 Å². The molecular formula is C13H15NS. The van der Waals surface area contributed by atoms with Gasteiger partial charge in [-0.2, -0.15) is 12.6 Å². The minimum Gasteiger partial charge on any atom is -0.361 e. The molecule has 2 rings (SSSR count). The van der Waals surface area contributed by atoms with Gasteiger partial charge < -0.3 is 5.32 Å². The number of hydrogen-bond acceptors (Lipinski definition) is 2. The van der Waals surface area contributed by atoms with E-state index in [9.17, 15) is 0 Å². The summed E-state index contributed by atoms with van der Waals surface area (Å²) < 4.78 is 0. The van der Waals surface area contributed by atoms with Crippen molar-refractivity contribution in [2.75, 3.05) is 11.1 Å². The van der Waals surface area contributed by atoms with Crippen molar-refractivity contribution in [1.29, 1.82) is 0 Å². The molecule has 0 unspecified atom stereocenters. The van der Waals surface area contributed by atoms with Gasteiger partial charge in [0.25, 0.3) is 0 Å². The van der Waals surface area contributed by atoms with Crippen LogP contribution in [0.3, 0.4) is 0 Å². The molecule has 0 aliphatic carbocycles. The molecule has 1 N–H and O–H groups in total. The first-order valence-corrected chi connectivity index (χ1v) is 5.78. The molecule has 0 amide bonds. The van der Waals surface area contributed by atoms with Crippen molar-refractivity contribution < 1.29 is 0 Å². The number of rotatable bonds is 2. The fourth-order valence-electron chi connectivity index (χ4n) is 1.76. The number of anilines is 1. The molecule has 2 heteroatoms. The normalized spacial score (nSPS) is 14.3. The lowest BCUT2D eigenvalue weighted by Crippen LogP contribution is -2.05. The van der Waals surface area contributed by atoms with Gasteiger partial charge >= 0.3 is 0 Å². The predicted octanol–water partition coefficient (Wildman–Crippen LogP) is 3.50. The zero-order valence-corrected chi connectivity index (χ0v) is 9.77. The molecule has 1 aromatic carbocycles. The van der Waals surface area contributed by atoms with Crippen LogP contribution < -0.4 is 5.32 Å². The minimum atomic E-state index is 0.723. The first kappa shape index (κ1) is 10.4. The van der Waals surface area contributed by atoms with Crippen LogP contribution in [0.5, 0.6) is 0 Å². The Morgan fingerprint density at radius 3 is 2.87 bits per heavy atom. The second kappa shape index (κ2) is 4.15. The van der Waals surface area contributed by atoms with Crippen molar-refractivity contribution in [2.45, 2.75) is 13.3 Å². The number of aryl methyl sites for hydroxylation is 1. The maximum atomic E-state index is 4.28. The average Bonchev–Trinajstić information content (AvgIpc) is 2.29. The number of nitrogens with one attached hydrogen (secondary N) is 1. The average molecular weight is 217 g/mol. The molecule has 78 valence electrons. The number of thiol groups is 1. The Morgan fingerprint density at radius 2 is 2.20 bits per heavy atom. The van der Waals surface area contributed by atoms with Gasteiger partial charge in [-0.3, -0.25) is 0 Å². The number of fused-ring (bicyclic) bond motifs is 1. The van der Waals surface area contributed by atoms with Crippen LogP contribution in [0.15, 0.2) is 36.6 Å². The number of allylic oxidation sites excluding steroid dienone is 1. The van der Waals surface area contributed by atoms with E-state index in [0.717, 1.165) is 29.0 Å². The van der Waals surface area contributed by atoms with Crippen LogP contribution >= 0.6 is 12.6 Å². The summed E-state index contributed by atoms with van der Waals surface area (Å²) in [5, 5.41) is 3.30. The van der Waals surface area contributed by atoms with Crippen LogP contribution in [-0.4, -0.2) is 5.75 Å². The molecule has 0 bridgehead atoms. The van der Waals surface area contributed by atoms with Crippen LogP contribution in [0.4, 0.5) is 5.69 Å². The molecule has 0 atom stereocenters. The zero-order chi connectivity index (χ0) is 10.8. The van der Waals surface area contributed by atoms with Crippen LogP contribution in [0.25, 0.3) is 5.57 Å². The van der Waals surface area contributed by atoms with Crippen LogP contribution in [0.2, 0.25) is 0 Å². The van der Waals surface area contributed by atoms with Gasteiger partial charge in [-0.25, -0.2) is 0 Å². The molecule has 15 heavy (non-hydrogen) atoms. The Bertz CT molecular complexity index is 432. The van der Waals surface area contributed by atoms with Crippen molar-refractivity contribution >= 4 is 23.9 Å². The van der Waals surface area contributed by atoms with Crippen molar-refractivity contribution in [3.63, 3.8) is 0 Å². The fourth-order valence-corrected chi connectivity index (χ4v) is 2.04. The smallest absolute Gasteiger partial charge is 0.0462 e. The standard InChI is InChI=1S/C13H15NS/c1-3-10-4-5-12-9(2)11(8-15)7-14-13(12)6-10/h4-7,14-15H,2-3,8H2,1H3. The summed E-state index contributed by atoms with van der Waals surface area (Å²) in [5.74, 6) is 0.723. The van der Waals surface area contributed by atoms with E-state index in [1.807, 2.05) is 6.20 Å². The molecule has 0 fully saturated rings. The fraction of sp³-hybridized carbons (Fsp3) is 0.231. The highest BCUT2D eigenvalue weighted by atomic mass is 32.1. The van der Waals surface area contributed by atoms with Gasteiger partial charge in [0.1, 0.15) is 0 Å². The first-order valence-electron chi connectivity index (χ1n) is 5.15. The van der Waals surface area contributed by atoms with E-state index in [1.165, 1.54) is 11.1 Å². The maximum absolute atomic E-state index is 4.28. The third-order valence-electron chi connectivity index (χ3n) is 2.78. The molecule has 0 spiro atoms. The Balaban J connectivity index is 2.43. The molecule has 1 aromatic rings. The monoisotopic (exact) mass is 217 g/mol. The van der Waals surface area contributed by atoms with Gasteiger partial charge in [0.15, 0.2) is 0 Å². The van der Waals surface area contributed by atoms with Gasteiger partial charge in [0.05, 0.1) is 0 Å². The van der Waals surface area contributed by atoms with Crippen LogP contribution in [0, 0.1) is 0 Å². The topological polar surface area (TPSA) is 12.0 Å². The van der Waals surface area contributed by atoms with Crippen LogP contribution in [0.1, 0.15) is 18.1 Å². The Labute approximate surface area is 96.3 Å². The van der Waals surface area contributed by atoms with Crippen molar-refractivity contribution in [3.8, 4) is 0 Å². The van der Waals surface area contributed by atoms with Crippen LogP contribution in [-0.2, 0) is 6.42 Å². The molecule has 0 radical (unpaired) electrons. The largest absolute Gasteiger partial charge is 0.361 e. The maximum Gasteiger partial charge on any atom is 0.0462 e. The van der Waals surface area contributed by atoms with E-state index in [4.69, 9.17) is 0 Å². The summed E-state index contributed by atoms with van der Waals surface area (Å²) in [7, 11) is 0. The van der Waals surface area contributed by atoms with Gasteiger partial charge in [0, 0.05) is 23.2 Å². The predicted molar refractivity (Wildman–Crippen MR) is 70.4 cm³/mol. The lowest BCUT2D eigenvalue weighted by Gasteiger charge is -2.20. The lowest BCUT2D eigenvalue weighted by molar-refractivity contribution is 1.14. The minimum absolute atomic E-state index is 0.723. The molecule has 1 aliphatic heterocycles. The van der Waals surface area contributed by atoms with Crippen molar-refractivity contribution in [1.82, 2.24) is 0 Å². The van der Waals surface area contributed by atoms with E-state index in [0.29, 0.717) is 0 Å². The zero-order valence-electron chi connectivity index (χ0n) is 8.88. The summed E-state index contributed by atoms with van der Waals surface area (Å²) >= 11 is 4.28. The Morgan fingerprint density at radius 1 is 1.40 bits per heavy atom. The third kappa shape index (κ3) is 1.82. The second-order valence-corrected chi connectivity index (χ2v) is 4.00. The van der Waals surface area contributed by atoms with E-state index in [2.05, 4.69) is 49.6 Å². The molecule has 0 aromatic heterocycles. The Kier molecular flexibility index (Phi) is 2.87. The first-order chi connectivity index (χ1) is 7.26.